The van der Waals surface area contributed by atoms with Crippen molar-refractivity contribution in [3.05, 3.63) is 17.5 Å². The lowest BCUT2D eigenvalue weighted by Crippen LogP contribution is -2.43. The van der Waals surface area contributed by atoms with Crippen LogP contribution >= 0.6 is 0 Å². The van der Waals surface area contributed by atoms with E-state index in [-0.39, 0.29) is 48.4 Å². The first kappa shape index (κ1) is 22.3. The van der Waals surface area contributed by atoms with Gasteiger partial charge in [-0.2, -0.15) is 13.2 Å². The van der Waals surface area contributed by atoms with E-state index >= 15 is 0 Å². The van der Waals surface area contributed by atoms with Crippen LogP contribution in [0.5, 0.6) is 0 Å². The van der Waals surface area contributed by atoms with Gasteiger partial charge in [0.1, 0.15) is 11.4 Å². The third-order valence-electron chi connectivity index (χ3n) is 5.67. The van der Waals surface area contributed by atoms with Crippen LogP contribution in [0, 0.1) is 0 Å². The topological polar surface area (TPSA) is 137 Å². The molecule has 0 aliphatic carbocycles. The molecule has 0 spiro atoms. The van der Waals surface area contributed by atoms with Crippen LogP contribution in [0.2, 0.25) is 0 Å². The van der Waals surface area contributed by atoms with Crippen LogP contribution in [0.4, 0.5) is 24.7 Å². The highest BCUT2D eigenvalue weighted by atomic mass is 19.4. The Hall–Kier alpha value is -2.93. The largest absolute Gasteiger partial charge is 0.465 e. The number of aromatic nitrogens is 3. The number of nitrogens with two attached hydrogens (primary N) is 1. The van der Waals surface area contributed by atoms with E-state index in [1.54, 1.807) is 0 Å². The summed E-state index contributed by atoms with van der Waals surface area (Å²) in [6.07, 6.45) is -4.34. The molecule has 2 aliphatic rings. The summed E-state index contributed by atoms with van der Waals surface area (Å²) in [5.74, 6) is -1.86. The summed E-state index contributed by atoms with van der Waals surface area (Å²) in [7, 11) is 1.22. The van der Waals surface area contributed by atoms with Gasteiger partial charge in [-0.15, -0.1) is 10.2 Å². The Labute approximate surface area is 180 Å². The van der Waals surface area contributed by atoms with E-state index in [1.165, 1.54) is 13.2 Å². The molecule has 1 fully saturated rings. The average molecular weight is 457 g/mol. The van der Waals surface area contributed by atoms with Crippen molar-refractivity contribution in [1.82, 2.24) is 15.2 Å². The van der Waals surface area contributed by atoms with Crippen molar-refractivity contribution in [2.24, 2.45) is 0 Å². The van der Waals surface area contributed by atoms with Gasteiger partial charge in [-0.05, 0) is 31.7 Å². The second-order valence-corrected chi connectivity index (χ2v) is 7.73. The number of nitrogens with zero attached hydrogens (tertiary/aromatic N) is 4. The van der Waals surface area contributed by atoms with Crippen LogP contribution in [0.25, 0.3) is 11.6 Å². The summed E-state index contributed by atoms with van der Waals surface area (Å²) in [6, 6.07) is 1.15. The number of carbonyl (C=O) groups excluding carboxylic acids is 1. The fraction of sp³-hybridized carbons (Fsp3) is 0.579. The molecule has 13 heteroatoms. The van der Waals surface area contributed by atoms with Gasteiger partial charge in [0.05, 0.1) is 25.4 Å². The van der Waals surface area contributed by atoms with E-state index in [2.05, 4.69) is 15.2 Å². The van der Waals surface area contributed by atoms with E-state index in [9.17, 15) is 23.1 Å². The molecule has 1 saturated heterocycles. The Morgan fingerprint density at radius 1 is 1.38 bits per heavy atom. The Bertz CT molecular complexity index is 1010. The maximum atomic E-state index is 13.7. The van der Waals surface area contributed by atoms with Gasteiger partial charge in [0, 0.05) is 13.2 Å². The fourth-order valence-electron chi connectivity index (χ4n) is 3.96. The first-order chi connectivity index (χ1) is 15.2. The zero-order valence-electron chi connectivity index (χ0n) is 17.2. The van der Waals surface area contributed by atoms with Gasteiger partial charge < -0.3 is 29.6 Å². The number of methoxy groups -OCH3 is 1. The van der Waals surface area contributed by atoms with Crippen molar-refractivity contribution < 1.29 is 37.0 Å². The van der Waals surface area contributed by atoms with Crippen LogP contribution < -0.4 is 10.6 Å². The van der Waals surface area contributed by atoms with Gasteiger partial charge in [-0.25, -0.2) is 9.78 Å². The molecule has 2 aliphatic heterocycles. The Morgan fingerprint density at radius 3 is 2.88 bits per heavy atom. The molecule has 0 saturated carbocycles. The summed E-state index contributed by atoms with van der Waals surface area (Å²) in [5, 5.41) is 17.5. The molecule has 32 heavy (non-hydrogen) atoms. The minimum absolute atomic E-state index is 0.0198. The predicted octanol–water partition coefficient (Wildman–Crippen LogP) is 2.03. The Kier molecular flexibility index (Phi) is 5.71. The third-order valence-corrected chi connectivity index (χ3v) is 5.67. The standard InChI is InChI=1S/C19H22F3N5O5/c1-30-16(28)11-8-12(23)13-15-25-26-17(32-15)18(29,19(20,21)22)5-3-7-31-9-10-4-2-6-27(10)14(11)24-13/h8,10,29H,2-7,9,23H2,1H3/t10-,18?/m0/s1. The molecule has 2 aromatic heterocycles. The summed E-state index contributed by atoms with van der Waals surface area (Å²) < 4.78 is 56.8. The average Bonchev–Trinajstić information content (AvgIpc) is 3.41. The molecular formula is C19H22F3N5O5. The molecule has 174 valence electrons. The highest BCUT2D eigenvalue weighted by Gasteiger charge is 2.58. The third kappa shape index (κ3) is 3.75. The number of hydrogen-bond acceptors (Lipinski definition) is 10. The van der Waals surface area contributed by atoms with Crippen molar-refractivity contribution in [2.45, 2.75) is 43.5 Å². The normalized spacial score (nSPS) is 24.0. The monoisotopic (exact) mass is 457 g/mol. The van der Waals surface area contributed by atoms with Gasteiger partial charge in [-0.1, -0.05) is 0 Å². The summed E-state index contributed by atoms with van der Waals surface area (Å²) in [4.78, 5) is 18.7. The first-order valence-corrected chi connectivity index (χ1v) is 10.0. The van der Waals surface area contributed by atoms with E-state index in [1.807, 2.05) is 4.90 Å². The molecule has 1 unspecified atom stereocenters. The van der Waals surface area contributed by atoms with Crippen molar-refractivity contribution in [2.75, 3.05) is 37.5 Å². The van der Waals surface area contributed by atoms with E-state index in [4.69, 9.17) is 19.6 Å². The molecule has 2 atom stereocenters. The maximum Gasteiger partial charge on any atom is 0.426 e. The lowest BCUT2D eigenvalue weighted by Gasteiger charge is -2.29. The number of carbonyl (C=O) groups is 1. The number of anilines is 2. The predicted molar refractivity (Wildman–Crippen MR) is 104 cm³/mol. The number of aliphatic hydroxyl groups is 1. The van der Waals surface area contributed by atoms with Gasteiger partial charge in [-0.3, -0.25) is 0 Å². The van der Waals surface area contributed by atoms with Crippen LogP contribution in [0.1, 0.15) is 41.9 Å². The molecule has 0 aromatic carbocycles. The molecular weight excluding hydrogens is 435 g/mol. The van der Waals surface area contributed by atoms with Crippen LogP contribution in [-0.2, 0) is 15.1 Å². The molecule has 4 bridgehead atoms. The van der Waals surface area contributed by atoms with Crippen molar-refractivity contribution in [3.63, 3.8) is 0 Å². The number of halogens is 3. The number of pyridine rings is 1. The van der Waals surface area contributed by atoms with Gasteiger partial charge >= 0.3 is 12.1 Å². The summed E-state index contributed by atoms with van der Waals surface area (Å²) in [6.45, 7) is 0.774. The molecule has 4 heterocycles. The number of nitrogen functional groups attached to an aromatic ring is 1. The number of rotatable bonds is 1. The number of esters is 1. The highest BCUT2D eigenvalue weighted by molar-refractivity contribution is 5.97. The van der Waals surface area contributed by atoms with Crippen LogP contribution in [0.3, 0.4) is 0 Å². The van der Waals surface area contributed by atoms with Crippen molar-refractivity contribution >= 4 is 17.5 Å². The van der Waals surface area contributed by atoms with Crippen molar-refractivity contribution in [1.29, 1.82) is 0 Å². The van der Waals surface area contributed by atoms with E-state index in [0.717, 1.165) is 12.8 Å². The zero-order valence-corrected chi connectivity index (χ0v) is 17.2. The summed E-state index contributed by atoms with van der Waals surface area (Å²) in [5.41, 5.74) is 2.60. The molecule has 0 amide bonds. The minimum Gasteiger partial charge on any atom is -0.465 e. The lowest BCUT2D eigenvalue weighted by atomic mass is 9.97. The van der Waals surface area contributed by atoms with Gasteiger partial charge in [0.25, 0.3) is 11.8 Å². The van der Waals surface area contributed by atoms with Crippen LogP contribution in [-0.4, -0.2) is 65.3 Å². The van der Waals surface area contributed by atoms with Gasteiger partial charge in [0.15, 0.2) is 5.69 Å². The lowest BCUT2D eigenvalue weighted by molar-refractivity contribution is -0.277. The maximum absolute atomic E-state index is 13.7. The number of hydrogen-bond donors (Lipinski definition) is 2. The first-order valence-electron chi connectivity index (χ1n) is 10.0. The number of fused-ring (bicyclic) bond motifs is 7. The molecule has 2 aromatic rings. The Balaban J connectivity index is 1.88. The second-order valence-electron chi connectivity index (χ2n) is 7.73. The second kappa shape index (κ2) is 8.20. The van der Waals surface area contributed by atoms with E-state index in [0.29, 0.717) is 6.54 Å². The number of ether oxygens (including phenoxy) is 2. The molecule has 3 N–H and O–H groups in total. The quantitative estimate of drug-likeness (QED) is 0.612. The molecule has 4 rings (SSSR count). The smallest absolute Gasteiger partial charge is 0.426 e. The molecule has 10 nitrogen and oxygen atoms in total. The van der Waals surface area contributed by atoms with Crippen molar-refractivity contribution in [3.8, 4) is 11.6 Å². The Morgan fingerprint density at radius 2 is 2.16 bits per heavy atom. The number of alkyl halides is 3. The molecule has 0 radical (unpaired) electrons. The minimum atomic E-state index is -5.06. The fourth-order valence-corrected chi connectivity index (χ4v) is 3.96. The SMILES string of the molecule is COC(=O)c1cc(N)c2nc1N1CCC[C@H]1COCCCC(O)(C(F)(F)F)c1nnc-2o1. The summed E-state index contributed by atoms with van der Waals surface area (Å²) >= 11 is 0. The van der Waals surface area contributed by atoms with Gasteiger partial charge in [0.2, 0.25) is 5.60 Å². The highest BCUT2D eigenvalue weighted by Crippen LogP contribution is 2.43. The zero-order chi connectivity index (χ0) is 23.1. The van der Waals surface area contributed by atoms with E-state index < -0.39 is 35.9 Å². The van der Waals surface area contributed by atoms with Crippen LogP contribution in [0.15, 0.2) is 10.5 Å².